The summed E-state index contributed by atoms with van der Waals surface area (Å²) in [5, 5.41) is 2.74. The SMILES string of the molecule is CN(C)Cc1cccc(NC(=O)c2c[nH]ccc2=O)c1. The number of rotatable bonds is 4. The summed E-state index contributed by atoms with van der Waals surface area (Å²) in [6.07, 6.45) is 2.90. The minimum absolute atomic E-state index is 0.102. The van der Waals surface area contributed by atoms with Crippen molar-refractivity contribution in [3.63, 3.8) is 0 Å². The van der Waals surface area contributed by atoms with Gasteiger partial charge in [-0.3, -0.25) is 9.59 Å². The van der Waals surface area contributed by atoms with Gasteiger partial charge in [-0.05, 0) is 31.8 Å². The molecule has 0 saturated carbocycles. The predicted molar refractivity (Wildman–Crippen MR) is 78.8 cm³/mol. The van der Waals surface area contributed by atoms with Crippen LogP contribution in [0.5, 0.6) is 0 Å². The summed E-state index contributed by atoms with van der Waals surface area (Å²) in [5.74, 6) is -0.408. The highest BCUT2D eigenvalue weighted by atomic mass is 16.2. The van der Waals surface area contributed by atoms with E-state index >= 15 is 0 Å². The third-order valence-corrected chi connectivity index (χ3v) is 2.75. The monoisotopic (exact) mass is 271 g/mol. The van der Waals surface area contributed by atoms with E-state index in [4.69, 9.17) is 0 Å². The van der Waals surface area contributed by atoms with Crippen LogP contribution < -0.4 is 10.7 Å². The summed E-state index contributed by atoms with van der Waals surface area (Å²) in [7, 11) is 3.96. The Morgan fingerprint density at radius 2 is 2.10 bits per heavy atom. The van der Waals surface area contributed by atoms with Gasteiger partial charge in [0.15, 0.2) is 5.43 Å². The zero-order chi connectivity index (χ0) is 14.5. The number of hydrogen-bond donors (Lipinski definition) is 2. The maximum Gasteiger partial charge on any atom is 0.261 e. The van der Waals surface area contributed by atoms with E-state index in [9.17, 15) is 9.59 Å². The molecular formula is C15H17N3O2. The van der Waals surface area contributed by atoms with Crippen LogP contribution in [0.15, 0.2) is 47.5 Å². The molecule has 5 heteroatoms. The molecule has 1 aromatic carbocycles. The van der Waals surface area contributed by atoms with Gasteiger partial charge >= 0.3 is 0 Å². The van der Waals surface area contributed by atoms with E-state index in [1.807, 2.05) is 37.2 Å². The Labute approximate surface area is 117 Å². The van der Waals surface area contributed by atoms with Crippen molar-refractivity contribution in [3.8, 4) is 0 Å². The lowest BCUT2D eigenvalue weighted by Gasteiger charge is -2.11. The second-order valence-corrected chi connectivity index (χ2v) is 4.81. The first kappa shape index (κ1) is 14.0. The van der Waals surface area contributed by atoms with E-state index in [-0.39, 0.29) is 11.0 Å². The molecule has 0 aliphatic rings. The first-order valence-corrected chi connectivity index (χ1v) is 6.28. The molecule has 0 atom stereocenters. The molecule has 1 aromatic heterocycles. The van der Waals surface area contributed by atoms with E-state index in [2.05, 4.69) is 10.3 Å². The van der Waals surface area contributed by atoms with E-state index in [1.54, 1.807) is 6.07 Å². The van der Waals surface area contributed by atoms with Crippen LogP contribution in [-0.4, -0.2) is 29.9 Å². The average molecular weight is 271 g/mol. The number of anilines is 1. The lowest BCUT2D eigenvalue weighted by Crippen LogP contribution is -2.21. The first-order chi connectivity index (χ1) is 9.56. The Balaban J connectivity index is 2.16. The van der Waals surface area contributed by atoms with Crippen molar-refractivity contribution in [1.29, 1.82) is 0 Å². The summed E-state index contributed by atoms with van der Waals surface area (Å²) in [6, 6.07) is 8.90. The molecule has 20 heavy (non-hydrogen) atoms. The third-order valence-electron chi connectivity index (χ3n) is 2.75. The smallest absolute Gasteiger partial charge is 0.261 e. The van der Waals surface area contributed by atoms with E-state index in [1.165, 1.54) is 18.5 Å². The average Bonchev–Trinajstić information content (AvgIpc) is 2.38. The maximum absolute atomic E-state index is 12.0. The van der Waals surface area contributed by atoms with Crippen molar-refractivity contribution < 1.29 is 4.79 Å². The first-order valence-electron chi connectivity index (χ1n) is 6.28. The van der Waals surface area contributed by atoms with Gasteiger partial charge in [-0.25, -0.2) is 0 Å². The number of benzene rings is 1. The number of amides is 1. The number of hydrogen-bond acceptors (Lipinski definition) is 3. The van der Waals surface area contributed by atoms with Crippen molar-refractivity contribution in [2.45, 2.75) is 6.54 Å². The van der Waals surface area contributed by atoms with Gasteiger partial charge in [0, 0.05) is 30.7 Å². The van der Waals surface area contributed by atoms with Gasteiger partial charge < -0.3 is 15.2 Å². The highest BCUT2D eigenvalue weighted by molar-refractivity contribution is 6.03. The quantitative estimate of drug-likeness (QED) is 0.889. The normalized spacial score (nSPS) is 10.6. The number of H-pyrrole nitrogens is 1. The lowest BCUT2D eigenvalue weighted by atomic mass is 10.2. The molecule has 0 aliphatic carbocycles. The van der Waals surface area contributed by atoms with Crippen LogP contribution in [-0.2, 0) is 6.54 Å². The Bertz CT molecular complexity index is 662. The minimum Gasteiger partial charge on any atom is -0.367 e. The summed E-state index contributed by atoms with van der Waals surface area (Å²) >= 11 is 0. The maximum atomic E-state index is 12.0. The zero-order valence-electron chi connectivity index (χ0n) is 11.5. The molecule has 0 saturated heterocycles. The molecule has 0 radical (unpaired) electrons. The van der Waals surface area contributed by atoms with Crippen molar-refractivity contribution in [2.75, 3.05) is 19.4 Å². The van der Waals surface area contributed by atoms with Crippen LogP contribution in [0.1, 0.15) is 15.9 Å². The summed E-state index contributed by atoms with van der Waals surface area (Å²) in [4.78, 5) is 28.4. The number of carbonyl (C=O) groups is 1. The largest absolute Gasteiger partial charge is 0.367 e. The van der Waals surface area contributed by atoms with Crippen molar-refractivity contribution >= 4 is 11.6 Å². The lowest BCUT2D eigenvalue weighted by molar-refractivity contribution is 0.102. The number of aromatic amines is 1. The Morgan fingerprint density at radius 1 is 1.30 bits per heavy atom. The van der Waals surface area contributed by atoms with Crippen molar-refractivity contribution in [3.05, 3.63) is 64.1 Å². The Hall–Kier alpha value is -2.40. The molecule has 0 unspecified atom stereocenters. The minimum atomic E-state index is -0.408. The van der Waals surface area contributed by atoms with Crippen molar-refractivity contribution in [2.24, 2.45) is 0 Å². The Kier molecular flexibility index (Phi) is 4.32. The van der Waals surface area contributed by atoms with Crippen LogP contribution in [0, 0.1) is 0 Å². The fourth-order valence-corrected chi connectivity index (χ4v) is 1.90. The Morgan fingerprint density at radius 3 is 2.80 bits per heavy atom. The van der Waals surface area contributed by atoms with E-state index in [0.29, 0.717) is 5.69 Å². The zero-order valence-corrected chi connectivity index (χ0v) is 11.5. The van der Waals surface area contributed by atoms with Gasteiger partial charge in [-0.15, -0.1) is 0 Å². The molecule has 2 aromatic rings. The molecule has 2 N–H and O–H groups in total. The van der Waals surface area contributed by atoms with Crippen molar-refractivity contribution in [1.82, 2.24) is 9.88 Å². The fourth-order valence-electron chi connectivity index (χ4n) is 1.90. The number of pyridine rings is 1. The molecular weight excluding hydrogens is 254 g/mol. The van der Waals surface area contributed by atoms with Crippen LogP contribution in [0.25, 0.3) is 0 Å². The molecule has 104 valence electrons. The molecule has 0 bridgehead atoms. The third kappa shape index (κ3) is 3.55. The highest BCUT2D eigenvalue weighted by Gasteiger charge is 2.09. The highest BCUT2D eigenvalue weighted by Crippen LogP contribution is 2.12. The molecule has 0 aliphatic heterocycles. The molecule has 1 heterocycles. The number of nitrogens with zero attached hydrogens (tertiary/aromatic N) is 1. The summed E-state index contributed by atoms with van der Waals surface area (Å²) in [5.41, 5.74) is 1.57. The topological polar surface area (TPSA) is 65.2 Å². The van der Waals surface area contributed by atoms with E-state index in [0.717, 1.165) is 12.1 Å². The standard InChI is InChI=1S/C15H17N3O2/c1-18(2)10-11-4-3-5-12(8-11)17-15(20)13-9-16-7-6-14(13)19/h3-9H,10H2,1-2H3,(H,16,19)(H,17,20). The van der Waals surface area contributed by atoms with Gasteiger partial charge in [0.1, 0.15) is 5.56 Å². The van der Waals surface area contributed by atoms with Crippen LogP contribution in [0.2, 0.25) is 0 Å². The van der Waals surface area contributed by atoms with Gasteiger partial charge in [0.2, 0.25) is 0 Å². The van der Waals surface area contributed by atoms with Gasteiger partial charge in [0.25, 0.3) is 5.91 Å². The second-order valence-electron chi connectivity index (χ2n) is 4.81. The fraction of sp³-hybridized carbons (Fsp3) is 0.200. The van der Waals surface area contributed by atoms with Gasteiger partial charge in [-0.1, -0.05) is 12.1 Å². The predicted octanol–water partition coefficient (Wildman–Crippen LogP) is 1.69. The molecule has 2 rings (SSSR count). The van der Waals surface area contributed by atoms with Gasteiger partial charge in [0.05, 0.1) is 0 Å². The second kappa shape index (κ2) is 6.16. The number of nitrogens with one attached hydrogen (secondary N) is 2. The number of aromatic nitrogens is 1. The summed E-state index contributed by atoms with van der Waals surface area (Å²) < 4.78 is 0. The van der Waals surface area contributed by atoms with E-state index < -0.39 is 5.91 Å². The van der Waals surface area contributed by atoms with Crippen LogP contribution in [0.3, 0.4) is 0 Å². The number of carbonyl (C=O) groups excluding carboxylic acids is 1. The van der Waals surface area contributed by atoms with Crippen LogP contribution >= 0.6 is 0 Å². The van der Waals surface area contributed by atoms with Crippen LogP contribution in [0.4, 0.5) is 5.69 Å². The molecule has 0 spiro atoms. The van der Waals surface area contributed by atoms with Gasteiger partial charge in [-0.2, -0.15) is 0 Å². The molecule has 5 nitrogen and oxygen atoms in total. The summed E-state index contributed by atoms with van der Waals surface area (Å²) in [6.45, 7) is 0.787. The molecule has 0 fully saturated rings. The molecule has 1 amide bonds.